The van der Waals surface area contributed by atoms with Gasteiger partial charge in [-0.15, -0.1) is 0 Å². The van der Waals surface area contributed by atoms with Gasteiger partial charge in [0.2, 0.25) is 5.91 Å². The van der Waals surface area contributed by atoms with Crippen molar-refractivity contribution in [2.75, 3.05) is 11.1 Å². The van der Waals surface area contributed by atoms with Crippen molar-refractivity contribution < 1.29 is 14.1 Å². The summed E-state index contributed by atoms with van der Waals surface area (Å²) in [6.07, 6.45) is 0. The van der Waals surface area contributed by atoms with Crippen LogP contribution in [0.5, 0.6) is 0 Å². The molecule has 8 nitrogen and oxygen atoms in total. The molecule has 0 saturated heterocycles. The molecule has 0 fully saturated rings. The van der Waals surface area contributed by atoms with Gasteiger partial charge < -0.3 is 9.73 Å². The molecule has 0 atom stereocenters. The number of nitro groups is 1. The van der Waals surface area contributed by atoms with Gasteiger partial charge in [-0.25, -0.2) is 9.97 Å². The van der Waals surface area contributed by atoms with E-state index in [4.69, 9.17) is 16.0 Å². The van der Waals surface area contributed by atoms with Crippen LogP contribution in [-0.2, 0) is 4.79 Å². The van der Waals surface area contributed by atoms with Gasteiger partial charge in [0.05, 0.1) is 20.9 Å². The van der Waals surface area contributed by atoms with Crippen LogP contribution in [0.15, 0.2) is 46.0 Å². The number of fused-ring (bicyclic) bond motifs is 2. The molecule has 0 unspecified atom stereocenters. The number of nitro benzene ring substituents is 1. The Morgan fingerprint density at radius 1 is 1.26 bits per heavy atom. The number of thioether (sulfide) groups is 1. The van der Waals surface area contributed by atoms with E-state index < -0.39 is 4.92 Å². The molecule has 2 aromatic carbocycles. The zero-order valence-electron chi connectivity index (χ0n) is 13.3. The molecule has 0 spiro atoms. The molecule has 4 rings (SSSR count). The quantitative estimate of drug-likeness (QED) is 0.282. The van der Waals surface area contributed by atoms with Crippen LogP contribution in [0.4, 0.5) is 10.8 Å². The number of hydrogen-bond acceptors (Lipinski definition) is 8. The number of carbonyl (C=O) groups excluding carboxylic acids is 1. The van der Waals surface area contributed by atoms with Gasteiger partial charge in [0.25, 0.3) is 10.9 Å². The number of hydrogen-bond donors (Lipinski definition) is 1. The Bertz CT molecular complexity index is 1190. The number of benzene rings is 2. The molecule has 11 heteroatoms. The molecule has 0 aliphatic carbocycles. The molecule has 0 bridgehead atoms. The van der Waals surface area contributed by atoms with Crippen molar-refractivity contribution in [3.63, 3.8) is 0 Å². The zero-order valence-corrected chi connectivity index (χ0v) is 15.7. The highest BCUT2D eigenvalue weighted by Gasteiger charge is 2.14. The smallest absolute Gasteiger partial charge is 0.271 e. The minimum atomic E-state index is -0.500. The third-order valence-electron chi connectivity index (χ3n) is 3.49. The van der Waals surface area contributed by atoms with Gasteiger partial charge in [0, 0.05) is 17.2 Å². The molecule has 1 N–H and O–H groups in total. The van der Waals surface area contributed by atoms with E-state index in [-0.39, 0.29) is 22.6 Å². The molecule has 2 aromatic heterocycles. The topological polar surface area (TPSA) is 111 Å². The van der Waals surface area contributed by atoms with Crippen LogP contribution >= 0.6 is 34.7 Å². The Morgan fingerprint density at radius 3 is 2.93 bits per heavy atom. The Kier molecular flexibility index (Phi) is 4.68. The van der Waals surface area contributed by atoms with Crippen molar-refractivity contribution in [2.24, 2.45) is 0 Å². The summed E-state index contributed by atoms with van der Waals surface area (Å²) in [5.41, 5.74) is 1.44. The maximum Gasteiger partial charge on any atom is 0.271 e. The Hall–Kier alpha value is -2.69. The van der Waals surface area contributed by atoms with Gasteiger partial charge in [-0.1, -0.05) is 34.7 Å². The number of anilines is 1. The van der Waals surface area contributed by atoms with Crippen molar-refractivity contribution in [1.29, 1.82) is 0 Å². The molecule has 0 aliphatic heterocycles. The number of non-ortho nitro benzene ring substituents is 1. The number of thiazole rings is 1. The average Bonchev–Trinajstić information content (AvgIpc) is 3.21. The average molecular weight is 421 g/mol. The fourth-order valence-corrected chi connectivity index (χ4v) is 3.97. The number of rotatable bonds is 5. The lowest BCUT2D eigenvalue weighted by Gasteiger charge is -1.98. The molecule has 4 aromatic rings. The van der Waals surface area contributed by atoms with E-state index in [0.717, 1.165) is 22.0 Å². The summed E-state index contributed by atoms with van der Waals surface area (Å²) in [5, 5.41) is 14.8. The highest BCUT2D eigenvalue weighted by atomic mass is 35.5. The van der Waals surface area contributed by atoms with Crippen LogP contribution in [0, 0.1) is 10.1 Å². The van der Waals surface area contributed by atoms with Gasteiger partial charge in [-0.3, -0.25) is 14.9 Å². The normalized spacial score (nSPS) is 11.1. The Labute approximate surface area is 164 Å². The lowest BCUT2D eigenvalue weighted by Crippen LogP contribution is -2.13. The molecule has 136 valence electrons. The van der Waals surface area contributed by atoms with Crippen molar-refractivity contribution in [3.05, 3.63) is 51.5 Å². The predicted octanol–water partition coefficient (Wildman–Crippen LogP) is 4.73. The fraction of sp³-hybridized carbons (Fsp3) is 0.0625. The van der Waals surface area contributed by atoms with Gasteiger partial charge in [0.1, 0.15) is 5.52 Å². The number of amides is 1. The first-order chi connectivity index (χ1) is 13.0. The van der Waals surface area contributed by atoms with E-state index >= 15 is 0 Å². The maximum absolute atomic E-state index is 12.1. The Morgan fingerprint density at radius 2 is 2.11 bits per heavy atom. The van der Waals surface area contributed by atoms with Crippen LogP contribution in [0.3, 0.4) is 0 Å². The van der Waals surface area contributed by atoms with Crippen LogP contribution in [0.25, 0.3) is 21.3 Å². The molecular weight excluding hydrogens is 412 g/mol. The number of nitrogens with zero attached hydrogens (tertiary/aromatic N) is 3. The van der Waals surface area contributed by atoms with E-state index in [1.165, 1.54) is 29.5 Å². The summed E-state index contributed by atoms with van der Waals surface area (Å²) >= 11 is 8.37. The lowest BCUT2D eigenvalue weighted by molar-refractivity contribution is -0.384. The van der Waals surface area contributed by atoms with Crippen LogP contribution in [0.2, 0.25) is 5.02 Å². The Balaban J connectivity index is 1.42. The number of oxazole rings is 1. The van der Waals surface area contributed by atoms with E-state index in [1.54, 1.807) is 12.1 Å². The molecule has 2 heterocycles. The van der Waals surface area contributed by atoms with Gasteiger partial charge in [-0.05, 0) is 24.3 Å². The molecule has 0 saturated carbocycles. The van der Waals surface area contributed by atoms with E-state index in [0.29, 0.717) is 21.3 Å². The van der Waals surface area contributed by atoms with Crippen molar-refractivity contribution >= 4 is 72.7 Å². The second kappa shape index (κ2) is 7.14. The first-order valence-corrected chi connectivity index (χ1v) is 9.70. The number of halogens is 1. The summed E-state index contributed by atoms with van der Waals surface area (Å²) in [7, 11) is 0. The standard InChI is InChI=1S/C16H9ClN4O4S2/c17-8-1-4-13-11(5-8)18-15(27-13)20-14(22)7-26-16-19-10-6-9(21(23)24)2-3-12(10)25-16/h1-6H,7H2,(H,18,20,22). The number of carbonyl (C=O) groups is 1. The summed E-state index contributed by atoms with van der Waals surface area (Å²) in [4.78, 5) is 30.9. The van der Waals surface area contributed by atoms with Crippen molar-refractivity contribution in [1.82, 2.24) is 9.97 Å². The van der Waals surface area contributed by atoms with Crippen molar-refractivity contribution in [3.8, 4) is 0 Å². The summed E-state index contributed by atoms with van der Waals surface area (Å²) < 4.78 is 6.41. The predicted molar refractivity (Wildman–Crippen MR) is 105 cm³/mol. The monoisotopic (exact) mass is 420 g/mol. The molecular formula is C16H9ClN4O4S2. The summed E-state index contributed by atoms with van der Waals surface area (Å²) in [5.74, 6) is -0.204. The molecule has 27 heavy (non-hydrogen) atoms. The zero-order chi connectivity index (χ0) is 19.0. The van der Waals surface area contributed by atoms with Crippen LogP contribution < -0.4 is 5.32 Å². The SMILES string of the molecule is O=C(CSc1nc2cc([N+](=O)[O-])ccc2o1)Nc1nc2cc(Cl)ccc2s1. The lowest BCUT2D eigenvalue weighted by atomic mass is 10.3. The highest BCUT2D eigenvalue weighted by Crippen LogP contribution is 2.29. The van der Waals surface area contributed by atoms with Gasteiger partial charge in [0.15, 0.2) is 10.7 Å². The molecule has 0 aliphatic rings. The highest BCUT2D eigenvalue weighted by molar-refractivity contribution is 7.99. The van der Waals surface area contributed by atoms with Crippen LogP contribution in [0.1, 0.15) is 0 Å². The van der Waals surface area contributed by atoms with Gasteiger partial charge in [-0.2, -0.15) is 0 Å². The second-order valence-corrected chi connectivity index (χ2v) is 7.75. The maximum atomic E-state index is 12.1. The summed E-state index contributed by atoms with van der Waals surface area (Å²) in [6, 6.07) is 9.49. The minimum absolute atomic E-state index is 0.0611. The van der Waals surface area contributed by atoms with Gasteiger partial charge >= 0.3 is 0 Å². The minimum Gasteiger partial charge on any atom is -0.431 e. The molecule has 0 radical (unpaired) electrons. The largest absolute Gasteiger partial charge is 0.431 e. The third kappa shape index (κ3) is 3.87. The third-order valence-corrected chi connectivity index (χ3v) is 5.50. The van der Waals surface area contributed by atoms with E-state index in [9.17, 15) is 14.9 Å². The first-order valence-electron chi connectivity index (χ1n) is 7.52. The van der Waals surface area contributed by atoms with Crippen LogP contribution in [-0.4, -0.2) is 26.6 Å². The van der Waals surface area contributed by atoms with Crippen molar-refractivity contribution in [2.45, 2.75) is 5.22 Å². The molecule has 1 amide bonds. The second-order valence-electron chi connectivity index (χ2n) is 5.36. The van der Waals surface area contributed by atoms with E-state index in [1.807, 2.05) is 6.07 Å². The summed E-state index contributed by atoms with van der Waals surface area (Å²) in [6.45, 7) is 0. The fourth-order valence-electron chi connectivity index (χ4n) is 2.31. The van der Waals surface area contributed by atoms with E-state index in [2.05, 4.69) is 15.3 Å². The first kappa shape index (κ1) is 17.7. The number of aromatic nitrogens is 2. The number of nitrogens with one attached hydrogen (secondary N) is 1.